The molecule has 0 aromatic rings. The summed E-state index contributed by atoms with van der Waals surface area (Å²) < 4.78 is 5.31. The molecule has 1 unspecified atom stereocenters. The van der Waals surface area contributed by atoms with Crippen molar-refractivity contribution in [1.29, 1.82) is 0 Å². The largest absolute Gasteiger partial charge is 0.494 e. The van der Waals surface area contributed by atoms with Crippen molar-refractivity contribution in [3.05, 3.63) is 24.0 Å². The number of allylic oxidation sites excluding steroid dienone is 3. The molecule has 1 nitrogen and oxygen atoms in total. The number of rotatable bonds is 2. The Morgan fingerprint density at radius 3 is 2.58 bits per heavy atom. The van der Waals surface area contributed by atoms with Crippen LogP contribution in [0.3, 0.4) is 0 Å². The van der Waals surface area contributed by atoms with E-state index in [1.165, 1.54) is 0 Å². The molecule has 0 amide bonds. The van der Waals surface area contributed by atoms with Crippen molar-refractivity contribution in [3.63, 3.8) is 0 Å². The molecule has 0 saturated heterocycles. The molecule has 0 bridgehead atoms. The van der Waals surface area contributed by atoms with Crippen LogP contribution in [0, 0.1) is 5.92 Å². The van der Waals surface area contributed by atoms with E-state index in [-0.39, 0.29) is 0 Å². The van der Waals surface area contributed by atoms with Crippen LogP contribution in [0.15, 0.2) is 24.0 Å². The molecule has 0 aliphatic heterocycles. The van der Waals surface area contributed by atoms with Gasteiger partial charge in [0, 0.05) is 0 Å². The lowest BCUT2D eigenvalue weighted by molar-refractivity contribution is 0.239. The Morgan fingerprint density at radius 1 is 1.50 bits per heavy atom. The lowest BCUT2D eigenvalue weighted by Crippen LogP contribution is -1.97. The normalized spacial score (nSPS) is 20.7. The van der Waals surface area contributed by atoms with Crippen molar-refractivity contribution in [2.45, 2.75) is 34.1 Å². The Hall–Kier alpha value is -0.720. The van der Waals surface area contributed by atoms with E-state index in [2.05, 4.69) is 25.2 Å². The highest BCUT2D eigenvalue weighted by molar-refractivity contribution is 5.17. The molecule has 1 aliphatic rings. The summed E-state index contributed by atoms with van der Waals surface area (Å²) in [5.41, 5.74) is 0. The molecule has 70 valence electrons. The van der Waals surface area contributed by atoms with E-state index in [0.29, 0.717) is 5.92 Å². The van der Waals surface area contributed by atoms with Crippen molar-refractivity contribution in [3.8, 4) is 0 Å². The van der Waals surface area contributed by atoms with Crippen LogP contribution in [0.25, 0.3) is 0 Å². The van der Waals surface area contributed by atoms with Gasteiger partial charge < -0.3 is 4.74 Å². The zero-order chi connectivity index (χ0) is 9.40. The molecular weight excluding hydrogens is 148 g/mol. The summed E-state index contributed by atoms with van der Waals surface area (Å²) in [4.78, 5) is 0. The molecule has 1 atom stereocenters. The van der Waals surface area contributed by atoms with Gasteiger partial charge in [-0.3, -0.25) is 0 Å². The highest BCUT2D eigenvalue weighted by atomic mass is 16.5. The lowest BCUT2D eigenvalue weighted by Gasteiger charge is -2.11. The molecular formula is C11H20O. The SMILES string of the molecule is CC.CCOC1=CCC(C)C=C1. The van der Waals surface area contributed by atoms with Gasteiger partial charge in [0.2, 0.25) is 0 Å². The zero-order valence-corrected chi connectivity index (χ0v) is 8.63. The van der Waals surface area contributed by atoms with Crippen LogP contribution in [0.2, 0.25) is 0 Å². The van der Waals surface area contributed by atoms with Crippen molar-refractivity contribution < 1.29 is 4.74 Å². The van der Waals surface area contributed by atoms with Gasteiger partial charge in [0.05, 0.1) is 6.61 Å². The third-order valence-corrected chi connectivity index (χ3v) is 1.59. The summed E-state index contributed by atoms with van der Waals surface area (Å²) in [6.07, 6.45) is 7.50. The monoisotopic (exact) mass is 168 g/mol. The van der Waals surface area contributed by atoms with E-state index < -0.39 is 0 Å². The molecule has 1 rings (SSSR count). The quantitative estimate of drug-likeness (QED) is 0.613. The second-order valence-corrected chi connectivity index (χ2v) is 2.61. The van der Waals surface area contributed by atoms with E-state index in [1.54, 1.807) is 0 Å². The smallest absolute Gasteiger partial charge is 0.115 e. The fourth-order valence-corrected chi connectivity index (χ4v) is 0.981. The summed E-state index contributed by atoms with van der Waals surface area (Å²) in [6, 6.07) is 0. The van der Waals surface area contributed by atoms with E-state index in [0.717, 1.165) is 18.8 Å². The molecule has 0 radical (unpaired) electrons. The van der Waals surface area contributed by atoms with Crippen molar-refractivity contribution in [2.75, 3.05) is 6.61 Å². The van der Waals surface area contributed by atoms with Gasteiger partial charge in [-0.2, -0.15) is 0 Å². The summed E-state index contributed by atoms with van der Waals surface area (Å²) in [5.74, 6) is 1.71. The minimum atomic E-state index is 0.684. The van der Waals surface area contributed by atoms with E-state index >= 15 is 0 Å². The highest BCUT2D eigenvalue weighted by Crippen LogP contribution is 2.15. The van der Waals surface area contributed by atoms with Crippen molar-refractivity contribution in [1.82, 2.24) is 0 Å². The van der Waals surface area contributed by atoms with Gasteiger partial charge in [0.1, 0.15) is 5.76 Å². The van der Waals surface area contributed by atoms with Crippen LogP contribution < -0.4 is 0 Å². The van der Waals surface area contributed by atoms with Crippen LogP contribution >= 0.6 is 0 Å². The maximum Gasteiger partial charge on any atom is 0.115 e. The Bertz CT molecular complexity index is 156. The minimum absolute atomic E-state index is 0.684. The molecule has 12 heavy (non-hydrogen) atoms. The van der Waals surface area contributed by atoms with Crippen LogP contribution in [0.1, 0.15) is 34.1 Å². The molecule has 0 spiro atoms. The molecule has 0 heterocycles. The molecule has 0 aromatic heterocycles. The van der Waals surface area contributed by atoms with Crippen LogP contribution in [0.5, 0.6) is 0 Å². The first kappa shape index (κ1) is 11.3. The van der Waals surface area contributed by atoms with Crippen LogP contribution in [-0.4, -0.2) is 6.61 Å². The third kappa shape index (κ3) is 4.22. The predicted octanol–water partition coefficient (Wildman–Crippen LogP) is 3.53. The molecule has 1 aliphatic carbocycles. The van der Waals surface area contributed by atoms with Gasteiger partial charge >= 0.3 is 0 Å². The predicted molar refractivity (Wildman–Crippen MR) is 54.0 cm³/mol. The molecule has 1 heteroatoms. The maximum absolute atomic E-state index is 5.31. The highest BCUT2D eigenvalue weighted by Gasteiger charge is 2.02. The summed E-state index contributed by atoms with van der Waals surface area (Å²) >= 11 is 0. The Labute approximate surface area is 76.1 Å². The lowest BCUT2D eigenvalue weighted by atomic mass is 10.0. The minimum Gasteiger partial charge on any atom is -0.494 e. The molecule has 0 N–H and O–H groups in total. The van der Waals surface area contributed by atoms with Gasteiger partial charge in [0.25, 0.3) is 0 Å². The first-order valence-corrected chi connectivity index (χ1v) is 4.84. The van der Waals surface area contributed by atoms with Crippen molar-refractivity contribution in [2.24, 2.45) is 5.92 Å². The summed E-state index contributed by atoms with van der Waals surface area (Å²) in [6.45, 7) is 8.98. The Balaban J connectivity index is 0.000000561. The topological polar surface area (TPSA) is 9.23 Å². The fraction of sp³-hybridized carbons (Fsp3) is 0.636. The van der Waals surface area contributed by atoms with Gasteiger partial charge in [-0.25, -0.2) is 0 Å². The molecule has 0 saturated carbocycles. The van der Waals surface area contributed by atoms with E-state index in [1.807, 2.05) is 20.8 Å². The van der Waals surface area contributed by atoms with Gasteiger partial charge in [-0.15, -0.1) is 0 Å². The fourth-order valence-electron chi connectivity index (χ4n) is 0.981. The molecule has 0 fully saturated rings. The van der Waals surface area contributed by atoms with E-state index in [4.69, 9.17) is 4.74 Å². The standard InChI is InChI=1S/C9H14O.C2H6/c1-3-10-9-6-4-8(2)5-7-9;1-2/h4,6-8H,3,5H2,1-2H3;1-2H3. The first-order chi connectivity index (χ1) is 5.83. The second-order valence-electron chi connectivity index (χ2n) is 2.61. The zero-order valence-electron chi connectivity index (χ0n) is 8.63. The van der Waals surface area contributed by atoms with Gasteiger partial charge in [-0.1, -0.05) is 26.8 Å². The van der Waals surface area contributed by atoms with Crippen molar-refractivity contribution >= 4 is 0 Å². The maximum atomic E-state index is 5.31. The summed E-state index contributed by atoms with van der Waals surface area (Å²) in [5, 5.41) is 0. The second kappa shape index (κ2) is 6.96. The number of ether oxygens (including phenoxy) is 1. The molecule has 0 aromatic carbocycles. The van der Waals surface area contributed by atoms with Gasteiger partial charge in [-0.05, 0) is 31.4 Å². The first-order valence-electron chi connectivity index (χ1n) is 4.84. The van der Waals surface area contributed by atoms with Gasteiger partial charge in [0.15, 0.2) is 0 Å². The average molecular weight is 168 g/mol. The Kier molecular flexibility index (Phi) is 6.54. The van der Waals surface area contributed by atoms with Crippen LogP contribution in [0.4, 0.5) is 0 Å². The number of hydrogen-bond acceptors (Lipinski definition) is 1. The Morgan fingerprint density at radius 2 is 2.17 bits per heavy atom. The summed E-state index contributed by atoms with van der Waals surface area (Å²) in [7, 11) is 0. The average Bonchev–Trinajstić information content (AvgIpc) is 2.13. The van der Waals surface area contributed by atoms with Crippen LogP contribution in [-0.2, 0) is 4.74 Å². The third-order valence-electron chi connectivity index (χ3n) is 1.59. The number of hydrogen-bond donors (Lipinski definition) is 0. The van der Waals surface area contributed by atoms with E-state index in [9.17, 15) is 0 Å².